The first-order chi connectivity index (χ1) is 23.7. The summed E-state index contributed by atoms with van der Waals surface area (Å²) in [7, 11) is -5.14. The van der Waals surface area contributed by atoms with Gasteiger partial charge in [0.2, 0.25) is 0 Å². The summed E-state index contributed by atoms with van der Waals surface area (Å²) in [6.07, 6.45) is -3.08. The van der Waals surface area contributed by atoms with Crippen LogP contribution in [0.2, 0.25) is 36.3 Å². The van der Waals surface area contributed by atoms with E-state index in [9.17, 15) is 19.5 Å². The number of hydrogen-bond donors (Lipinski definition) is 3. The van der Waals surface area contributed by atoms with Crippen LogP contribution in [0.1, 0.15) is 70.4 Å². The molecule has 1 aromatic heterocycles. The Morgan fingerprint density at radius 2 is 1.39 bits per heavy atom. The topological polar surface area (TPSA) is 141 Å². The molecule has 0 unspecified atom stereocenters. The van der Waals surface area contributed by atoms with Gasteiger partial charge >= 0.3 is 11.8 Å². The van der Waals surface area contributed by atoms with Gasteiger partial charge in [0.25, 0.3) is 5.56 Å². The number of aliphatic hydroxyl groups is 1. The maximum absolute atomic E-state index is 14.0. The molecule has 2 heterocycles. The number of alkyl carbamates (subject to hydrolysis) is 1. The molecule has 13 heteroatoms. The van der Waals surface area contributed by atoms with E-state index in [4.69, 9.17) is 18.3 Å². The maximum Gasteiger partial charge on any atom is 0.407 e. The van der Waals surface area contributed by atoms with Crippen LogP contribution in [0.3, 0.4) is 0 Å². The number of carbonyl (C=O) groups excluding carboxylic acids is 1. The van der Waals surface area contributed by atoms with E-state index in [1.54, 1.807) is 6.92 Å². The lowest BCUT2D eigenvalue weighted by atomic mass is 9.96. The molecule has 0 spiro atoms. The third-order valence-electron chi connectivity index (χ3n) is 11.4. The number of hydrogen-bond acceptors (Lipinski definition) is 8. The number of nitrogens with zero attached hydrogens (tertiary/aromatic N) is 1. The van der Waals surface area contributed by atoms with Crippen molar-refractivity contribution in [2.24, 2.45) is 0 Å². The SMILES string of the molecule is Cc1cn([C@@H]2O[C@H](CO)[C@@H](O[Si](C)(C)C(C)(C)C)[C@H](O[Si](C)(C)C(C)(C)C)[C@H]2NC(=O)OCC2c3ccccc3-c3ccccc32)c(=O)[nH]c1=O. The molecule has 51 heavy (non-hydrogen) atoms. The molecule has 3 aromatic rings. The number of amides is 1. The zero-order valence-corrected chi connectivity index (χ0v) is 33.8. The number of fused-ring (bicyclic) bond motifs is 3. The molecule has 5 rings (SSSR count). The van der Waals surface area contributed by atoms with Gasteiger partial charge < -0.3 is 28.7 Å². The average molecular weight is 738 g/mol. The number of aromatic nitrogens is 2. The minimum atomic E-state index is -2.61. The van der Waals surface area contributed by atoms with Gasteiger partial charge in [0.05, 0.1) is 12.7 Å². The molecule has 0 radical (unpaired) electrons. The number of aliphatic hydroxyl groups excluding tert-OH is 1. The van der Waals surface area contributed by atoms with Crippen LogP contribution >= 0.6 is 0 Å². The van der Waals surface area contributed by atoms with E-state index in [1.165, 1.54) is 10.8 Å². The Morgan fingerprint density at radius 1 is 0.882 bits per heavy atom. The standard InChI is InChI=1S/C38H55N3O8Si2/c1-23-20-41(35(44)40-33(23)43)34-30(39-36(45)46-22-28-26-18-14-12-16-24(26)25-17-13-15-19-27(25)28)32(49-51(10,11)38(5,6)7)31(29(21-42)47-34)48-50(8,9)37(2,3)4/h12-20,28-32,34,42H,21-22H2,1-11H3,(H,39,45)(H,40,43,44)/t29-,30-,31-,32-,34-/m1/s1. The molecule has 278 valence electrons. The number of nitrogens with one attached hydrogen (secondary N) is 2. The fraction of sp³-hybridized carbons (Fsp3) is 0.553. The van der Waals surface area contributed by atoms with Crippen LogP contribution in [0.5, 0.6) is 0 Å². The Kier molecular flexibility index (Phi) is 10.9. The molecular formula is C38H55N3O8Si2. The zero-order valence-electron chi connectivity index (χ0n) is 31.8. The molecule has 1 saturated heterocycles. The molecule has 3 N–H and O–H groups in total. The van der Waals surface area contributed by atoms with Crippen LogP contribution in [0.25, 0.3) is 11.1 Å². The molecule has 1 aliphatic heterocycles. The fourth-order valence-corrected chi connectivity index (χ4v) is 8.96. The van der Waals surface area contributed by atoms with E-state index < -0.39 is 71.2 Å². The molecule has 1 aliphatic carbocycles. The van der Waals surface area contributed by atoms with Gasteiger partial charge in [0, 0.05) is 17.7 Å². The molecule has 1 fully saturated rings. The van der Waals surface area contributed by atoms with Crippen molar-refractivity contribution >= 4 is 22.7 Å². The van der Waals surface area contributed by atoms with Crippen molar-refractivity contribution in [3.63, 3.8) is 0 Å². The molecule has 1 amide bonds. The molecule has 11 nitrogen and oxygen atoms in total. The number of H-pyrrole nitrogens is 1. The number of aromatic amines is 1. The highest BCUT2D eigenvalue weighted by Crippen LogP contribution is 2.46. The van der Waals surface area contributed by atoms with Crippen molar-refractivity contribution in [3.8, 4) is 11.1 Å². The first-order valence-corrected chi connectivity index (χ1v) is 23.5. The summed E-state index contributed by atoms with van der Waals surface area (Å²) in [6.45, 7) is 22.4. The van der Waals surface area contributed by atoms with Gasteiger partial charge in [-0.2, -0.15) is 0 Å². The van der Waals surface area contributed by atoms with Gasteiger partial charge in [0.15, 0.2) is 22.9 Å². The summed E-state index contributed by atoms with van der Waals surface area (Å²) < 4.78 is 28.0. The predicted molar refractivity (Wildman–Crippen MR) is 203 cm³/mol. The van der Waals surface area contributed by atoms with E-state index in [0.717, 1.165) is 22.3 Å². The van der Waals surface area contributed by atoms with Gasteiger partial charge in [-0.3, -0.25) is 14.3 Å². The molecule has 0 saturated carbocycles. The second-order valence-corrected chi connectivity index (χ2v) is 26.4. The molecule has 0 bridgehead atoms. The number of rotatable bonds is 9. The number of aryl methyl sites for hydroxylation is 1. The van der Waals surface area contributed by atoms with E-state index in [2.05, 4.69) is 102 Å². The van der Waals surface area contributed by atoms with E-state index in [1.807, 2.05) is 24.3 Å². The lowest BCUT2D eigenvalue weighted by molar-refractivity contribution is -0.208. The third-order valence-corrected chi connectivity index (χ3v) is 20.3. The minimum absolute atomic E-state index is 0.0761. The van der Waals surface area contributed by atoms with Crippen LogP contribution in [0, 0.1) is 6.92 Å². The Morgan fingerprint density at radius 3 is 1.90 bits per heavy atom. The van der Waals surface area contributed by atoms with Crippen LogP contribution < -0.4 is 16.6 Å². The summed E-state index contributed by atoms with van der Waals surface area (Å²) in [5.41, 5.74) is 3.40. The van der Waals surface area contributed by atoms with Crippen LogP contribution in [0.15, 0.2) is 64.3 Å². The largest absolute Gasteiger partial charge is 0.449 e. The van der Waals surface area contributed by atoms with Gasteiger partial charge in [0.1, 0.15) is 24.9 Å². The molecule has 2 aliphatic rings. The van der Waals surface area contributed by atoms with Crippen molar-refractivity contribution in [2.75, 3.05) is 13.2 Å². The van der Waals surface area contributed by atoms with Crippen molar-refractivity contribution in [2.45, 2.75) is 121 Å². The number of carbonyl (C=O) groups is 1. The zero-order chi connectivity index (χ0) is 37.7. The van der Waals surface area contributed by atoms with Crippen LogP contribution in [0.4, 0.5) is 4.79 Å². The van der Waals surface area contributed by atoms with Crippen molar-refractivity contribution in [3.05, 3.63) is 92.3 Å². The number of ether oxygens (including phenoxy) is 2. The van der Waals surface area contributed by atoms with Gasteiger partial charge in [-0.25, -0.2) is 9.59 Å². The monoisotopic (exact) mass is 737 g/mol. The first kappa shape index (κ1) is 38.9. The summed E-state index contributed by atoms with van der Waals surface area (Å²) in [6, 6.07) is 15.2. The predicted octanol–water partition coefficient (Wildman–Crippen LogP) is 6.42. The Labute approximate surface area is 303 Å². The fourth-order valence-electron chi connectivity index (χ4n) is 6.33. The summed E-state index contributed by atoms with van der Waals surface area (Å²) >= 11 is 0. The van der Waals surface area contributed by atoms with Crippen molar-refractivity contribution in [1.29, 1.82) is 0 Å². The van der Waals surface area contributed by atoms with Crippen LogP contribution in [-0.4, -0.2) is 75.0 Å². The number of benzene rings is 2. The molecule has 5 atom stereocenters. The normalized spacial score (nSPS) is 22.7. The lowest BCUT2D eigenvalue weighted by Gasteiger charge is -2.52. The second-order valence-electron chi connectivity index (χ2n) is 16.9. The summed E-state index contributed by atoms with van der Waals surface area (Å²) in [5, 5.41) is 13.4. The Bertz CT molecular complexity index is 1810. The van der Waals surface area contributed by atoms with E-state index in [-0.39, 0.29) is 28.2 Å². The van der Waals surface area contributed by atoms with Crippen molar-refractivity contribution in [1.82, 2.24) is 14.9 Å². The third kappa shape index (κ3) is 7.74. The Hall–Kier alpha value is -3.34. The lowest BCUT2D eigenvalue weighted by Crippen LogP contribution is -2.68. The average Bonchev–Trinajstić information content (AvgIpc) is 3.36. The maximum atomic E-state index is 14.0. The highest BCUT2D eigenvalue weighted by molar-refractivity contribution is 6.74. The van der Waals surface area contributed by atoms with E-state index in [0.29, 0.717) is 0 Å². The van der Waals surface area contributed by atoms with Gasteiger partial charge in [-0.05, 0) is 65.4 Å². The minimum Gasteiger partial charge on any atom is -0.449 e. The summed E-state index contributed by atoms with van der Waals surface area (Å²) in [5.74, 6) is -0.168. The van der Waals surface area contributed by atoms with Gasteiger partial charge in [-0.1, -0.05) is 90.1 Å². The Balaban J connectivity index is 1.57. The molecule has 2 aromatic carbocycles. The first-order valence-electron chi connectivity index (χ1n) is 17.7. The quantitative estimate of drug-likeness (QED) is 0.214. The van der Waals surface area contributed by atoms with Gasteiger partial charge in [-0.15, -0.1) is 0 Å². The smallest absolute Gasteiger partial charge is 0.407 e. The summed E-state index contributed by atoms with van der Waals surface area (Å²) in [4.78, 5) is 42.2. The van der Waals surface area contributed by atoms with E-state index >= 15 is 0 Å². The highest BCUT2D eigenvalue weighted by atomic mass is 28.4. The van der Waals surface area contributed by atoms with Crippen LogP contribution in [-0.2, 0) is 18.3 Å². The molecular weight excluding hydrogens is 683 g/mol. The van der Waals surface area contributed by atoms with Crippen molar-refractivity contribution < 1.29 is 28.2 Å². The second kappa shape index (κ2) is 14.2. The highest BCUT2D eigenvalue weighted by Gasteiger charge is 2.55.